The van der Waals surface area contributed by atoms with Crippen LogP contribution in [0.25, 0.3) is 0 Å². The van der Waals surface area contributed by atoms with Gasteiger partial charge in [-0.3, -0.25) is 0 Å². The van der Waals surface area contributed by atoms with Gasteiger partial charge in [0, 0.05) is 0 Å². The molecule has 0 aromatic heterocycles. The van der Waals surface area contributed by atoms with Crippen LogP contribution in [0.15, 0.2) is 18.2 Å². The summed E-state index contributed by atoms with van der Waals surface area (Å²) in [5.41, 5.74) is 4.16. The van der Waals surface area contributed by atoms with E-state index in [2.05, 4.69) is 25.1 Å². The van der Waals surface area contributed by atoms with Crippen molar-refractivity contribution in [2.75, 3.05) is 0 Å². The molecule has 0 spiro atoms. The van der Waals surface area contributed by atoms with Crippen molar-refractivity contribution in [2.24, 2.45) is 11.8 Å². The largest absolute Gasteiger partial charge is 0.388 e. The minimum Gasteiger partial charge on any atom is -0.388 e. The zero-order valence-electron chi connectivity index (χ0n) is 12.1. The van der Waals surface area contributed by atoms with Crippen LogP contribution in [0.2, 0.25) is 0 Å². The second-order valence-corrected chi connectivity index (χ2v) is 6.53. The van der Waals surface area contributed by atoms with E-state index in [9.17, 15) is 5.11 Å². The van der Waals surface area contributed by atoms with E-state index < -0.39 is 0 Å². The fourth-order valence-electron chi connectivity index (χ4n) is 4.04. The number of hydrogen-bond donors (Lipinski definition) is 1. The van der Waals surface area contributed by atoms with Gasteiger partial charge in [0.2, 0.25) is 0 Å². The molecule has 0 radical (unpaired) electrons. The van der Waals surface area contributed by atoms with Crippen molar-refractivity contribution in [1.29, 1.82) is 0 Å². The Morgan fingerprint density at radius 1 is 1.16 bits per heavy atom. The first kappa shape index (κ1) is 13.2. The normalized spacial score (nSPS) is 28.1. The van der Waals surface area contributed by atoms with Gasteiger partial charge in [-0.25, -0.2) is 0 Å². The molecule has 1 heteroatoms. The van der Waals surface area contributed by atoms with Gasteiger partial charge in [-0.2, -0.15) is 0 Å². The Balaban J connectivity index is 1.74. The Hall–Kier alpha value is -0.820. The molecule has 0 amide bonds. The molecule has 1 N–H and O–H groups in total. The molecule has 1 nitrogen and oxygen atoms in total. The molecule has 2 aliphatic carbocycles. The van der Waals surface area contributed by atoms with Gasteiger partial charge in [0.1, 0.15) is 0 Å². The zero-order chi connectivity index (χ0) is 13.2. The van der Waals surface area contributed by atoms with Crippen LogP contribution in [0.3, 0.4) is 0 Å². The van der Waals surface area contributed by atoms with Crippen LogP contribution in [0.5, 0.6) is 0 Å². The van der Waals surface area contributed by atoms with Crippen molar-refractivity contribution in [2.45, 2.75) is 64.4 Å². The summed E-state index contributed by atoms with van der Waals surface area (Å²) in [6, 6.07) is 6.70. The molecule has 3 rings (SSSR count). The van der Waals surface area contributed by atoms with Gasteiger partial charge in [-0.1, -0.05) is 44.4 Å². The van der Waals surface area contributed by atoms with Crippen molar-refractivity contribution in [3.63, 3.8) is 0 Å². The highest BCUT2D eigenvalue weighted by Gasteiger charge is 2.28. The van der Waals surface area contributed by atoms with E-state index in [0.29, 0.717) is 5.92 Å². The van der Waals surface area contributed by atoms with E-state index in [0.717, 1.165) is 5.92 Å². The Morgan fingerprint density at radius 3 is 2.84 bits per heavy atom. The van der Waals surface area contributed by atoms with Gasteiger partial charge in [-0.15, -0.1) is 0 Å². The molecule has 1 aromatic rings. The molecule has 2 aliphatic rings. The molecular formula is C18H26O. The molecule has 1 fully saturated rings. The molecule has 3 atom stereocenters. The number of hydrogen-bond acceptors (Lipinski definition) is 1. The van der Waals surface area contributed by atoms with E-state index in [1.165, 1.54) is 68.1 Å². The SMILES string of the molecule is CCC1CCCC(C(O)c2ccc3c(c2)CCC3)C1. The highest BCUT2D eigenvalue weighted by atomic mass is 16.3. The first-order chi connectivity index (χ1) is 9.28. The predicted molar refractivity (Wildman–Crippen MR) is 79.2 cm³/mol. The molecule has 1 saturated carbocycles. The van der Waals surface area contributed by atoms with E-state index in [1.54, 1.807) is 0 Å². The molecule has 0 aliphatic heterocycles. The Kier molecular flexibility index (Phi) is 3.93. The molecular weight excluding hydrogens is 232 g/mol. The fraction of sp³-hybridized carbons (Fsp3) is 0.667. The van der Waals surface area contributed by atoms with E-state index in [4.69, 9.17) is 0 Å². The van der Waals surface area contributed by atoms with Crippen molar-refractivity contribution < 1.29 is 5.11 Å². The van der Waals surface area contributed by atoms with Crippen LogP contribution in [0, 0.1) is 11.8 Å². The lowest BCUT2D eigenvalue weighted by Gasteiger charge is -2.32. The minimum atomic E-state index is -0.236. The van der Waals surface area contributed by atoms with Gasteiger partial charge in [0.15, 0.2) is 0 Å². The summed E-state index contributed by atoms with van der Waals surface area (Å²) < 4.78 is 0. The zero-order valence-corrected chi connectivity index (χ0v) is 12.1. The standard InChI is InChI=1S/C18H26O/c1-2-13-5-3-8-16(11-13)18(19)17-10-9-14-6-4-7-15(14)12-17/h9-10,12-13,16,18-19H,2-8,11H2,1H3. The van der Waals surface area contributed by atoms with Crippen molar-refractivity contribution >= 4 is 0 Å². The number of rotatable bonds is 3. The number of aryl methyl sites for hydroxylation is 2. The second-order valence-electron chi connectivity index (χ2n) is 6.53. The second kappa shape index (κ2) is 5.66. The number of aliphatic hydroxyl groups excluding tert-OH is 1. The van der Waals surface area contributed by atoms with Crippen LogP contribution in [-0.4, -0.2) is 5.11 Å². The summed E-state index contributed by atoms with van der Waals surface area (Å²) in [5.74, 6) is 1.32. The Labute approximate surface area is 117 Å². The molecule has 0 saturated heterocycles. The number of aliphatic hydroxyl groups is 1. The third-order valence-electron chi connectivity index (χ3n) is 5.31. The summed E-state index contributed by atoms with van der Waals surface area (Å²) in [6.07, 6.45) is 9.84. The van der Waals surface area contributed by atoms with Crippen LogP contribution in [0.4, 0.5) is 0 Å². The van der Waals surface area contributed by atoms with Crippen molar-refractivity contribution in [3.8, 4) is 0 Å². The summed E-state index contributed by atoms with van der Waals surface area (Å²) >= 11 is 0. The Morgan fingerprint density at radius 2 is 2.00 bits per heavy atom. The first-order valence-electron chi connectivity index (χ1n) is 8.07. The fourth-order valence-corrected chi connectivity index (χ4v) is 4.04. The minimum absolute atomic E-state index is 0.236. The van der Waals surface area contributed by atoms with Gasteiger partial charge >= 0.3 is 0 Å². The summed E-state index contributed by atoms with van der Waals surface area (Å²) in [4.78, 5) is 0. The van der Waals surface area contributed by atoms with E-state index in [1.807, 2.05) is 0 Å². The summed E-state index contributed by atoms with van der Waals surface area (Å²) in [7, 11) is 0. The summed E-state index contributed by atoms with van der Waals surface area (Å²) in [6.45, 7) is 2.29. The lowest BCUT2D eigenvalue weighted by atomic mass is 9.76. The predicted octanol–water partition coefficient (Wildman–Crippen LogP) is 4.43. The molecule has 3 unspecified atom stereocenters. The first-order valence-corrected chi connectivity index (χ1v) is 8.07. The third-order valence-corrected chi connectivity index (χ3v) is 5.31. The third kappa shape index (κ3) is 2.72. The average molecular weight is 258 g/mol. The topological polar surface area (TPSA) is 20.2 Å². The maximum absolute atomic E-state index is 10.7. The van der Waals surface area contributed by atoms with Crippen molar-refractivity contribution in [1.82, 2.24) is 0 Å². The molecule has 0 heterocycles. The molecule has 1 aromatic carbocycles. The lowest BCUT2D eigenvalue weighted by Crippen LogP contribution is -2.21. The highest BCUT2D eigenvalue weighted by molar-refractivity contribution is 5.36. The van der Waals surface area contributed by atoms with Gasteiger partial charge in [-0.05, 0) is 60.6 Å². The lowest BCUT2D eigenvalue weighted by molar-refractivity contribution is 0.0677. The highest BCUT2D eigenvalue weighted by Crippen LogP contribution is 2.39. The van der Waals surface area contributed by atoms with Gasteiger partial charge < -0.3 is 5.11 Å². The van der Waals surface area contributed by atoms with Crippen LogP contribution in [0.1, 0.15) is 68.2 Å². The number of benzene rings is 1. The van der Waals surface area contributed by atoms with Gasteiger partial charge in [0.25, 0.3) is 0 Å². The smallest absolute Gasteiger partial charge is 0.0818 e. The Bertz CT molecular complexity index is 437. The number of fused-ring (bicyclic) bond motifs is 1. The van der Waals surface area contributed by atoms with Crippen LogP contribution < -0.4 is 0 Å². The quantitative estimate of drug-likeness (QED) is 0.850. The maximum Gasteiger partial charge on any atom is 0.0818 e. The van der Waals surface area contributed by atoms with Crippen LogP contribution >= 0.6 is 0 Å². The average Bonchev–Trinajstić information content (AvgIpc) is 2.94. The van der Waals surface area contributed by atoms with Gasteiger partial charge in [0.05, 0.1) is 6.10 Å². The summed E-state index contributed by atoms with van der Waals surface area (Å²) in [5, 5.41) is 10.7. The van der Waals surface area contributed by atoms with Crippen LogP contribution in [-0.2, 0) is 12.8 Å². The van der Waals surface area contributed by atoms with E-state index >= 15 is 0 Å². The van der Waals surface area contributed by atoms with E-state index in [-0.39, 0.29) is 6.10 Å². The molecule has 0 bridgehead atoms. The molecule has 19 heavy (non-hydrogen) atoms. The monoisotopic (exact) mass is 258 g/mol. The van der Waals surface area contributed by atoms with Crippen molar-refractivity contribution in [3.05, 3.63) is 34.9 Å². The maximum atomic E-state index is 10.7. The molecule has 104 valence electrons.